The van der Waals surface area contributed by atoms with Crippen LogP contribution >= 0.6 is 0 Å². The molecule has 0 spiro atoms. The summed E-state index contributed by atoms with van der Waals surface area (Å²) in [6.45, 7) is 11.2. The molecule has 2 heterocycles. The molecule has 2 aromatic carbocycles. The first-order chi connectivity index (χ1) is 17.7. The molecule has 0 radical (unpaired) electrons. The van der Waals surface area contributed by atoms with E-state index in [9.17, 15) is 14.4 Å². The molecule has 0 aliphatic carbocycles. The van der Waals surface area contributed by atoms with Crippen molar-refractivity contribution in [2.45, 2.75) is 27.7 Å². The van der Waals surface area contributed by atoms with Gasteiger partial charge >= 0.3 is 0 Å². The van der Waals surface area contributed by atoms with Crippen LogP contribution in [0.1, 0.15) is 57.1 Å². The third kappa shape index (κ3) is 5.34. The fourth-order valence-corrected chi connectivity index (χ4v) is 4.70. The van der Waals surface area contributed by atoms with E-state index in [0.717, 1.165) is 59.0 Å². The molecule has 0 bridgehead atoms. The van der Waals surface area contributed by atoms with Crippen LogP contribution in [0.5, 0.6) is 0 Å². The van der Waals surface area contributed by atoms with Crippen molar-refractivity contribution in [3.05, 3.63) is 76.1 Å². The number of rotatable bonds is 9. The van der Waals surface area contributed by atoms with E-state index in [4.69, 9.17) is 5.73 Å². The van der Waals surface area contributed by atoms with Gasteiger partial charge in [-0.25, -0.2) is 0 Å². The number of H-pyrrole nitrogens is 1. The number of likely N-dealkylation sites (N-methyl/N-ethyl adjacent to an activating group) is 1. The molecule has 8 nitrogen and oxygen atoms in total. The van der Waals surface area contributed by atoms with Gasteiger partial charge in [-0.15, -0.1) is 0 Å². The smallest absolute Gasteiger partial charge is 0.256 e. The molecule has 0 atom stereocenters. The lowest BCUT2D eigenvalue weighted by Gasteiger charge is -2.18. The molecule has 1 aromatic heterocycles. The summed E-state index contributed by atoms with van der Waals surface area (Å²) >= 11 is 0. The Morgan fingerprint density at radius 3 is 2.35 bits per heavy atom. The van der Waals surface area contributed by atoms with Crippen LogP contribution in [0.25, 0.3) is 22.8 Å². The minimum atomic E-state index is -0.478. The number of aromatic amines is 1. The van der Waals surface area contributed by atoms with Crippen molar-refractivity contribution in [2.24, 2.45) is 5.73 Å². The number of nitrogens with zero attached hydrogens (tertiary/aromatic N) is 1. The molecule has 192 valence electrons. The van der Waals surface area contributed by atoms with Gasteiger partial charge in [-0.1, -0.05) is 32.0 Å². The van der Waals surface area contributed by atoms with Gasteiger partial charge in [0, 0.05) is 41.3 Å². The normalized spacial score (nSPS) is 13.6. The van der Waals surface area contributed by atoms with Gasteiger partial charge in [-0.3, -0.25) is 14.4 Å². The Balaban J connectivity index is 1.61. The summed E-state index contributed by atoms with van der Waals surface area (Å²) in [5.41, 5.74) is 12.5. The van der Waals surface area contributed by atoms with E-state index >= 15 is 0 Å². The first-order valence-electron chi connectivity index (χ1n) is 12.5. The Hall–Kier alpha value is -4.17. The molecule has 37 heavy (non-hydrogen) atoms. The second-order valence-corrected chi connectivity index (χ2v) is 9.16. The third-order valence-corrected chi connectivity index (χ3v) is 6.91. The molecular formula is C29H33N5O3. The van der Waals surface area contributed by atoms with E-state index in [1.807, 2.05) is 44.2 Å². The molecule has 1 aliphatic heterocycles. The topological polar surface area (TPSA) is 120 Å². The van der Waals surface area contributed by atoms with Crippen LogP contribution in [0, 0.1) is 13.8 Å². The summed E-state index contributed by atoms with van der Waals surface area (Å²) in [4.78, 5) is 42.8. The SMILES string of the molecule is CCN(CC)CCNC(=O)c1c(C)[nH]c(/C=C2\C(=O)Nc3ccc(-c4ccc(C(N)=O)cc4)cc32)c1C. The molecule has 3 aromatic rings. The summed E-state index contributed by atoms with van der Waals surface area (Å²) in [5, 5.41) is 5.94. The molecule has 1 aliphatic rings. The van der Waals surface area contributed by atoms with Crippen LogP contribution < -0.4 is 16.4 Å². The zero-order chi connectivity index (χ0) is 26.7. The van der Waals surface area contributed by atoms with Crippen LogP contribution in [-0.2, 0) is 4.79 Å². The maximum atomic E-state index is 12.9. The second kappa shape index (κ2) is 10.8. The lowest BCUT2D eigenvalue weighted by molar-refractivity contribution is -0.110. The van der Waals surface area contributed by atoms with Crippen molar-refractivity contribution < 1.29 is 14.4 Å². The number of carbonyl (C=O) groups is 3. The highest BCUT2D eigenvalue weighted by atomic mass is 16.2. The first-order valence-corrected chi connectivity index (χ1v) is 12.5. The fourth-order valence-electron chi connectivity index (χ4n) is 4.70. The van der Waals surface area contributed by atoms with E-state index in [0.29, 0.717) is 23.2 Å². The monoisotopic (exact) mass is 499 g/mol. The summed E-state index contributed by atoms with van der Waals surface area (Å²) in [7, 11) is 0. The molecule has 8 heteroatoms. The van der Waals surface area contributed by atoms with E-state index in [1.54, 1.807) is 18.2 Å². The van der Waals surface area contributed by atoms with Crippen LogP contribution in [0.2, 0.25) is 0 Å². The highest BCUT2D eigenvalue weighted by Gasteiger charge is 2.26. The van der Waals surface area contributed by atoms with Gasteiger partial charge in [0.1, 0.15) is 0 Å². The van der Waals surface area contributed by atoms with Crippen LogP contribution in [0.15, 0.2) is 42.5 Å². The maximum Gasteiger partial charge on any atom is 0.256 e. The number of fused-ring (bicyclic) bond motifs is 1. The van der Waals surface area contributed by atoms with Gasteiger partial charge in [0.05, 0.1) is 11.1 Å². The molecule has 3 amide bonds. The zero-order valence-electron chi connectivity index (χ0n) is 21.7. The van der Waals surface area contributed by atoms with E-state index in [1.165, 1.54) is 0 Å². The Morgan fingerprint density at radius 2 is 1.70 bits per heavy atom. The predicted octanol–water partition coefficient (Wildman–Crippen LogP) is 3.96. The van der Waals surface area contributed by atoms with Gasteiger partial charge in [-0.05, 0) is 74.0 Å². The highest BCUT2D eigenvalue weighted by molar-refractivity contribution is 6.35. The summed E-state index contributed by atoms with van der Waals surface area (Å²) in [5.74, 6) is -0.803. The number of primary amides is 1. The van der Waals surface area contributed by atoms with Gasteiger partial charge in [0.15, 0.2) is 0 Å². The summed E-state index contributed by atoms with van der Waals surface area (Å²) in [6.07, 6.45) is 1.80. The predicted molar refractivity (Wildman–Crippen MR) is 147 cm³/mol. The fraction of sp³-hybridized carbons (Fsp3) is 0.276. The standard InChI is InChI=1S/C29H33N5O3/c1-5-34(6-2)14-13-31-29(37)26-17(3)25(32-18(26)4)16-23-22-15-21(11-12-24(22)33-28(23)36)19-7-9-20(10-8-19)27(30)35/h7-12,15-16,32H,5-6,13-14H2,1-4H3,(H2,30,35)(H,31,37)(H,33,36)/b23-16-. The van der Waals surface area contributed by atoms with Crippen molar-refractivity contribution >= 4 is 35.1 Å². The molecule has 5 N–H and O–H groups in total. The van der Waals surface area contributed by atoms with Crippen LogP contribution in [0.4, 0.5) is 5.69 Å². The number of amides is 3. The summed E-state index contributed by atoms with van der Waals surface area (Å²) < 4.78 is 0. The van der Waals surface area contributed by atoms with Gasteiger partial charge in [0.2, 0.25) is 5.91 Å². The van der Waals surface area contributed by atoms with Crippen molar-refractivity contribution in [1.82, 2.24) is 15.2 Å². The van der Waals surface area contributed by atoms with Gasteiger partial charge in [-0.2, -0.15) is 0 Å². The van der Waals surface area contributed by atoms with Crippen LogP contribution in [-0.4, -0.2) is 53.8 Å². The third-order valence-electron chi connectivity index (χ3n) is 6.91. The molecule has 0 saturated carbocycles. The highest BCUT2D eigenvalue weighted by Crippen LogP contribution is 2.37. The molecule has 0 fully saturated rings. The average molecular weight is 500 g/mol. The number of aryl methyl sites for hydroxylation is 1. The number of anilines is 1. The van der Waals surface area contributed by atoms with E-state index in [-0.39, 0.29) is 11.8 Å². The number of hydrogen-bond acceptors (Lipinski definition) is 4. The van der Waals surface area contributed by atoms with E-state index in [2.05, 4.69) is 34.4 Å². The Bertz CT molecular complexity index is 1380. The number of nitrogens with two attached hydrogens (primary N) is 1. The Kier molecular flexibility index (Phi) is 7.59. The van der Waals surface area contributed by atoms with Crippen molar-refractivity contribution in [1.29, 1.82) is 0 Å². The zero-order valence-corrected chi connectivity index (χ0v) is 21.7. The largest absolute Gasteiger partial charge is 0.366 e. The molecule has 0 saturated heterocycles. The van der Waals surface area contributed by atoms with Crippen LogP contribution in [0.3, 0.4) is 0 Å². The number of carbonyl (C=O) groups excluding carboxylic acids is 3. The lowest BCUT2D eigenvalue weighted by Crippen LogP contribution is -2.35. The van der Waals surface area contributed by atoms with E-state index < -0.39 is 5.91 Å². The maximum absolute atomic E-state index is 12.9. The van der Waals surface area contributed by atoms with Crippen molar-refractivity contribution in [3.63, 3.8) is 0 Å². The second-order valence-electron chi connectivity index (χ2n) is 9.16. The lowest BCUT2D eigenvalue weighted by atomic mass is 9.97. The minimum Gasteiger partial charge on any atom is -0.366 e. The van der Waals surface area contributed by atoms with Gasteiger partial charge < -0.3 is 26.3 Å². The molecule has 4 rings (SSSR count). The number of nitrogens with one attached hydrogen (secondary N) is 3. The minimum absolute atomic E-state index is 0.124. The average Bonchev–Trinajstić information content (AvgIpc) is 3.35. The quantitative estimate of drug-likeness (QED) is 0.333. The number of aromatic nitrogens is 1. The number of benzene rings is 2. The van der Waals surface area contributed by atoms with Gasteiger partial charge in [0.25, 0.3) is 11.8 Å². The molecular weight excluding hydrogens is 466 g/mol. The Labute approximate surface area is 216 Å². The van der Waals surface area contributed by atoms with Crippen molar-refractivity contribution in [2.75, 3.05) is 31.5 Å². The molecule has 0 unspecified atom stereocenters. The number of hydrogen-bond donors (Lipinski definition) is 4. The first kappa shape index (κ1) is 25.9. The Morgan fingerprint density at radius 1 is 1.03 bits per heavy atom. The van der Waals surface area contributed by atoms with Crippen molar-refractivity contribution in [3.8, 4) is 11.1 Å². The summed E-state index contributed by atoms with van der Waals surface area (Å²) in [6, 6.07) is 12.8.